The molecular formula is C13H19NO3. The summed E-state index contributed by atoms with van der Waals surface area (Å²) in [4.78, 5) is 13.6. The van der Waals surface area contributed by atoms with Crippen LogP contribution in [0.1, 0.15) is 31.7 Å². The highest BCUT2D eigenvalue weighted by Crippen LogP contribution is 2.35. The molecule has 1 aliphatic heterocycles. The van der Waals surface area contributed by atoms with Gasteiger partial charge >= 0.3 is 5.97 Å². The summed E-state index contributed by atoms with van der Waals surface area (Å²) in [5, 5.41) is 9.30. The van der Waals surface area contributed by atoms with Crippen molar-refractivity contribution in [2.45, 2.75) is 32.7 Å². The number of carboxylic acid groups (broad SMARTS) is 1. The van der Waals surface area contributed by atoms with E-state index in [-0.39, 0.29) is 0 Å². The summed E-state index contributed by atoms with van der Waals surface area (Å²) >= 11 is 0. The third-order valence-electron chi connectivity index (χ3n) is 3.93. The summed E-state index contributed by atoms with van der Waals surface area (Å²) in [7, 11) is 0. The van der Waals surface area contributed by atoms with E-state index in [9.17, 15) is 9.90 Å². The zero-order valence-electron chi connectivity index (χ0n) is 10.2. The fourth-order valence-electron chi connectivity index (χ4n) is 2.50. The third kappa shape index (κ3) is 2.52. The molecule has 17 heavy (non-hydrogen) atoms. The van der Waals surface area contributed by atoms with Gasteiger partial charge in [0.2, 0.25) is 0 Å². The zero-order chi connectivity index (χ0) is 12.3. The molecule has 0 unspecified atom stereocenters. The molecule has 0 saturated carbocycles. The first-order chi connectivity index (χ1) is 8.16. The molecule has 94 valence electrons. The normalized spacial score (nSPS) is 20.3. The maximum atomic E-state index is 11.3. The lowest BCUT2D eigenvalue weighted by Gasteiger charge is -2.38. The second-order valence-corrected chi connectivity index (χ2v) is 4.85. The molecule has 0 aromatic carbocycles. The Hall–Kier alpha value is -1.29. The standard InChI is InChI=1S/C13H19NO3/c1-2-13(12(15)16)4-6-14(7-5-13)9-11-3-8-17-10-11/h3,8,10H,2,4-7,9H2,1H3,(H,15,16). The van der Waals surface area contributed by atoms with Gasteiger partial charge in [0.15, 0.2) is 0 Å². The molecular weight excluding hydrogens is 218 g/mol. The summed E-state index contributed by atoms with van der Waals surface area (Å²) < 4.78 is 5.04. The van der Waals surface area contributed by atoms with Crippen LogP contribution >= 0.6 is 0 Å². The second kappa shape index (κ2) is 4.92. The molecule has 0 radical (unpaired) electrons. The second-order valence-electron chi connectivity index (χ2n) is 4.85. The summed E-state index contributed by atoms with van der Waals surface area (Å²) in [6.07, 6.45) is 5.64. The molecule has 1 aliphatic rings. The fourth-order valence-corrected chi connectivity index (χ4v) is 2.50. The number of carboxylic acids is 1. The summed E-state index contributed by atoms with van der Waals surface area (Å²) in [5.41, 5.74) is 0.664. The minimum Gasteiger partial charge on any atom is -0.481 e. The Balaban J connectivity index is 1.91. The maximum absolute atomic E-state index is 11.3. The first kappa shape index (κ1) is 12.2. The molecule has 1 fully saturated rings. The van der Waals surface area contributed by atoms with Crippen LogP contribution in [0.15, 0.2) is 23.0 Å². The van der Waals surface area contributed by atoms with E-state index in [0.29, 0.717) is 0 Å². The average molecular weight is 237 g/mol. The van der Waals surface area contributed by atoms with Crippen LogP contribution < -0.4 is 0 Å². The van der Waals surface area contributed by atoms with E-state index in [4.69, 9.17) is 4.42 Å². The van der Waals surface area contributed by atoms with Gasteiger partial charge in [0.25, 0.3) is 0 Å². The Labute approximate surface area is 101 Å². The molecule has 1 saturated heterocycles. The largest absolute Gasteiger partial charge is 0.481 e. The van der Waals surface area contributed by atoms with E-state index >= 15 is 0 Å². The van der Waals surface area contributed by atoms with Gasteiger partial charge in [-0.2, -0.15) is 0 Å². The predicted octanol–water partition coefficient (Wildman–Crippen LogP) is 2.36. The van der Waals surface area contributed by atoms with Gasteiger partial charge in [-0.05, 0) is 38.4 Å². The number of hydrogen-bond donors (Lipinski definition) is 1. The molecule has 0 amide bonds. The maximum Gasteiger partial charge on any atom is 0.309 e. The topological polar surface area (TPSA) is 53.7 Å². The SMILES string of the molecule is CCC1(C(=O)O)CCN(Cc2ccoc2)CC1. The minimum absolute atomic E-state index is 0.493. The lowest BCUT2D eigenvalue weighted by molar-refractivity contribution is -0.152. The van der Waals surface area contributed by atoms with Crippen LogP contribution in [0.2, 0.25) is 0 Å². The van der Waals surface area contributed by atoms with E-state index in [1.807, 2.05) is 13.0 Å². The van der Waals surface area contributed by atoms with Gasteiger partial charge in [-0.3, -0.25) is 9.69 Å². The van der Waals surface area contributed by atoms with Gasteiger partial charge in [-0.1, -0.05) is 6.92 Å². The van der Waals surface area contributed by atoms with E-state index < -0.39 is 11.4 Å². The van der Waals surface area contributed by atoms with Crippen molar-refractivity contribution in [3.63, 3.8) is 0 Å². The Bertz CT molecular complexity index is 364. The number of furan rings is 1. The van der Waals surface area contributed by atoms with Crippen molar-refractivity contribution in [2.24, 2.45) is 5.41 Å². The molecule has 0 bridgehead atoms. The van der Waals surface area contributed by atoms with Gasteiger partial charge in [-0.15, -0.1) is 0 Å². The van der Waals surface area contributed by atoms with Crippen LogP contribution in [0.25, 0.3) is 0 Å². The van der Waals surface area contributed by atoms with E-state index in [2.05, 4.69) is 4.90 Å². The first-order valence-corrected chi connectivity index (χ1v) is 6.13. The molecule has 2 rings (SSSR count). The molecule has 0 aliphatic carbocycles. The summed E-state index contributed by atoms with van der Waals surface area (Å²) in [5.74, 6) is -0.636. The number of likely N-dealkylation sites (tertiary alicyclic amines) is 1. The van der Waals surface area contributed by atoms with Crippen molar-refractivity contribution in [2.75, 3.05) is 13.1 Å². The van der Waals surface area contributed by atoms with Crippen molar-refractivity contribution >= 4 is 5.97 Å². The number of nitrogens with zero attached hydrogens (tertiary/aromatic N) is 1. The monoisotopic (exact) mass is 237 g/mol. The first-order valence-electron chi connectivity index (χ1n) is 6.13. The highest BCUT2D eigenvalue weighted by molar-refractivity contribution is 5.74. The average Bonchev–Trinajstić information content (AvgIpc) is 2.83. The van der Waals surface area contributed by atoms with Crippen LogP contribution in [0.5, 0.6) is 0 Å². The zero-order valence-corrected chi connectivity index (χ0v) is 10.2. The molecule has 1 aromatic heterocycles. The summed E-state index contributed by atoms with van der Waals surface area (Å²) in [6.45, 7) is 4.53. The molecule has 4 heteroatoms. The quantitative estimate of drug-likeness (QED) is 0.873. The van der Waals surface area contributed by atoms with Gasteiger partial charge < -0.3 is 9.52 Å². The van der Waals surface area contributed by atoms with Gasteiger partial charge in [0.1, 0.15) is 0 Å². The Morgan fingerprint density at radius 3 is 2.71 bits per heavy atom. The van der Waals surface area contributed by atoms with Crippen molar-refractivity contribution < 1.29 is 14.3 Å². The van der Waals surface area contributed by atoms with E-state index in [1.54, 1.807) is 12.5 Å². The van der Waals surface area contributed by atoms with Gasteiger partial charge in [0.05, 0.1) is 17.9 Å². The van der Waals surface area contributed by atoms with Crippen LogP contribution in [0.3, 0.4) is 0 Å². The van der Waals surface area contributed by atoms with Gasteiger partial charge in [-0.25, -0.2) is 0 Å². The molecule has 1 aromatic rings. The van der Waals surface area contributed by atoms with Crippen LogP contribution in [0, 0.1) is 5.41 Å². The van der Waals surface area contributed by atoms with Crippen LogP contribution in [-0.4, -0.2) is 29.1 Å². The van der Waals surface area contributed by atoms with E-state index in [0.717, 1.165) is 44.5 Å². The number of piperidine rings is 1. The predicted molar refractivity (Wildman–Crippen MR) is 63.6 cm³/mol. The summed E-state index contributed by atoms with van der Waals surface area (Å²) in [6, 6.07) is 1.96. The minimum atomic E-state index is -0.636. The number of carbonyl (C=O) groups is 1. The van der Waals surface area contributed by atoms with Crippen LogP contribution in [-0.2, 0) is 11.3 Å². The Morgan fingerprint density at radius 2 is 2.24 bits per heavy atom. The number of hydrogen-bond acceptors (Lipinski definition) is 3. The number of rotatable bonds is 4. The smallest absolute Gasteiger partial charge is 0.309 e. The molecule has 4 nitrogen and oxygen atoms in total. The molecule has 0 atom stereocenters. The fraction of sp³-hybridized carbons (Fsp3) is 0.615. The Kier molecular flexibility index (Phi) is 3.52. The van der Waals surface area contributed by atoms with Crippen molar-refractivity contribution in [3.05, 3.63) is 24.2 Å². The molecule has 0 spiro atoms. The Morgan fingerprint density at radius 1 is 1.53 bits per heavy atom. The van der Waals surface area contributed by atoms with Crippen molar-refractivity contribution in [1.29, 1.82) is 0 Å². The van der Waals surface area contributed by atoms with E-state index in [1.165, 1.54) is 0 Å². The lowest BCUT2D eigenvalue weighted by Crippen LogP contribution is -2.43. The third-order valence-corrected chi connectivity index (χ3v) is 3.93. The highest BCUT2D eigenvalue weighted by Gasteiger charge is 2.39. The van der Waals surface area contributed by atoms with Crippen molar-refractivity contribution in [1.82, 2.24) is 4.90 Å². The van der Waals surface area contributed by atoms with Gasteiger partial charge in [0, 0.05) is 12.1 Å². The molecule has 2 heterocycles. The van der Waals surface area contributed by atoms with Crippen LogP contribution in [0.4, 0.5) is 0 Å². The molecule has 1 N–H and O–H groups in total. The van der Waals surface area contributed by atoms with Crippen molar-refractivity contribution in [3.8, 4) is 0 Å². The highest BCUT2D eigenvalue weighted by atomic mass is 16.4. The number of aliphatic carboxylic acids is 1. The lowest BCUT2D eigenvalue weighted by atomic mass is 9.76.